The number of nitrogens with zero attached hydrogens (tertiary/aromatic N) is 5. The predicted molar refractivity (Wildman–Crippen MR) is 66.5 cm³/mol. The second-order valence-electron chi connectivity index (χ2n) is 4.95. The van der Waals surface area contributed by atoms with Gasteiger partial charge in [-0.15, -0.1) is 5.10 Å². The Balaban J connectivity index is 1.96. The smallest absolute Gasteiger partial charge is 0.358 e. The lowest BCUT2D eigenvalue weighted by molar-refractivity contribution is 0.0691. The average molecular weight is 261 g/mol. The lowest BCUT2D eigenvalue weighted by atomic mass is 10.2. The van der Waals surface area contributed by atoms with Crippen LogP contribution in [-0.2, 0) is 13.6 Å². The molecule has 0 saturated heterocycles. The van der Waals surface area contributed by atoms with E-state index in [2.05, 4.69) is 15.4 Å². The first-order valence-corrected chi connectivity index (χ1v) is 6.31. The van der Waals surface area contributed by atoms with Gasteiger partial charge in [-0.05, 0) is 12.3 Å². The minimum Gasteiger partial charge on any atom is -0.476 e. The van der Waals surface area contributed by atoms with Gasteiger partial charge in [0.1, 0.15) is 5.69 Å². The molecule has 0 radical (unpaired) electrons. The fourth-order valence-electron chi connectivity index (χ4n) is 2.15. The van der Waals surface area contributed by atoms with E-state index < -0.39 is 5.97 Å². The normalized spacial score (nSPS) is 14.8. The molecule has 1 saturated carbocycles. The highest BCUT2D eigenvalue weighted by atomic mass is 16.4. The summed E-state index contributed by atoms with van der Waals surface area (Å²) in [6, 6.07) is 0. The van der Waals surface area contributed by atoms with Crippen LogP contribution in [-0.4, -0.2) is 35.9 Å². The van der Waals surface area contributed by atoms with Crippen molar-refractivity contribution in [2.75, 3.05) is 0 Å². The summed E-state index contributed by atoms with van der Waals surface area (Å²) in [4.78, 5) is 11.2. The van der Waals surface area contributed by atoms with Gasteiger partial charge in [-0.1, -0.05) is 18.1 Å². The molecule has 19 heavy (non-hydrogen) atoms. The molecule has 2 aromatic heterocycles. The largest absolute Gasteiger partial charge is 0.476 e. The first-order valence-electron chi connectivity index (χ1n) is 6.31. The van der Waals surface area contributed by atoms with Crippen molar-refractivity contribution in [3.05, 3.63) is 18.1 Å². The second-order valence-corrected chi connectivity index (χ2v) is 4.95. The molecule has 0 unspecified atom stereocenters. The van der Waals surface area contributed by atoms with Gasteiger partial charge in [0, 0.05) is 25.4 Å². The van der Waals surface area contributed by atoms with Crippen molar-refractivity contribution in [2.45, 2.75) is 25.8 Å². The molecule has 0 spiro atoms. The Bertz CT molecular complexity index is 611. The summed E-state index contributed by atoms with van der Waals surface area (Å²) in [5.74, 6) is -0.296. The summed E-state index contributed by atoms with van der Waals surface area (Å²) in [6.45, 7) is 0.704. The highest BCUT2D eigenvalue weighted by Gasteiger charge is 2.25. The molecule has 2 aromatic rings. The van der Waals surface area contributed by atoms with Gasteiger partial charge in [-0.3, -0.25) is 4.68 Å². The van der Waals surface area contributed by atoms with Crippen LogP contribution in [0.1, 0.15) is 29.8 Å². The third kappa shape index (κ3) is 2.35. The van der Waals surface area contributed by atoms with Crippen molar-refractivity contribution in [1.29, 1.82) is 0 Å². The molecule has 1 fully saturated rings. The zero-order valence-electron chi connectivity index (χ0n) is 10.7. The highest BCUT2D eigenvalue weighted by molar-refractivity contribution is 5.92. The van der Waals surface area contributed by atoms with E-state index in [4.69, 9.17) is 0 Å². The molecule has 1 aliphatic carbocycles. The lowest BCUT2D eigenvalue weighted by Crippen LogP contribution is -2.05. The summed E-state index contributed by atoms with van der Waals surface area (Å²) in [5, 5.41) is 21.0. The Hall–Kier alpha value is -2.18. The van der Waals surface area contributed by atoms with Gasteiger partial charge in [0.2, 0.25) is 0 Å². The molecule has 7 heteroatoms. The number of carboxylic acid groups (broad SMARTS) is 1. The minimum atomic E-state index is -1.06. The molecule has 0 aliphatic heterocycles. The molecule has 1 aliphatic rings. The molecule has 3 rings (SSSR count). The van der Waals surface area contributed by atoms with Gasteiger partial charge in [-0.25, -0.2) is 9.48 Å². The summed E-state index contributed by atoms with van der Waals surface area (Å²) >= 11 is 0. The van der Waals surface area contributed by atoms with Crippen LogP contribution in [0.5, 0.6) is 0 Å². The zero-order chi connectivity index (χ0) is 13.4. The molecule has 0 aromatic carbocycles. The van der Waals surface area contributed by atoms with Crippen LogP contribution in [0.4, 0.5) is 0 Å². The molecular weight excluding hydrogens is 246 g/mol. The van der Waals surface area contributed by atoms with Crippen molar-refractivity contribution in [1.82, 2.24) is 24.8 Å². The fraction of sp³-hybridized carbons (Fsp3) is 0.500. The van der Waals surface area contributed by atoms with Crippen LogP contribution in [0.3, 0.4) is 0 Å². The number of aromatic carboxylic acids is 1. The van der Waals surface area contributed by atoms with Gasteiger partial charge >= 0.3 is 5.97 Å². The SMILES string of the molecule is Cn1cc(-c2c(C(=O)O)nnn2CCC2CC2)cn1. The van der Waals surface area contributed by atoms with E-state index in [1.165, 1.54) is 12.8 Å². The van der Waals surface area contributed by atoms with E-state index in [-0.39, 0.29) is 5.69 Å². The van der Waals surface area contributed by atoms with Crippen molar-refractivity contribution < 1.29 is 9.90 Å². The predicted octanol–water partition coefficient (Wildman–Crippen LogP) is 1.18. The van der Waals surface area contributed by atoms with E-state index in [9.17, 15) is 9.90 Å². The number of aromatic nitrogens is 5. The van der Waals surface area contributed by atoms with E-state index in [0.717, 1.165) is 17.9 Å². The number of carbonyl (C=O) groups is 1. The molecule has 0 atom stereocenters. The quantitative estimate of drug-likeness (QED) is 0.873. The van der Waals surface area contributed by atoms with Gasteiger partial charge in [0.15, 0.2) is 5.69 Å². The number of hydrogen-bond donors (Lipinski definition) is 1. The second kappa shape index (κ2) is 4.49. The Labute approximate surface area is 109 Å². The monoisotopic (exact) mass is 261 g/mol. The Morgan fingerprint density at radius 2 is 2.32 bits per heavy atom. The van der Waals surface area contributed by atoms with Gasteiger partial charge in [0.05, 0.1) is 6.20 Å². The van der Waals surface area contributed by atoms with E-state index >= 15 is 0 Å². The number of hydrogen-bond acceptors (Lipinski definition) is 4. The molecule has 7 nitrogen and oxygen atoms in total. The first kappa shape index (κ1) is 11.9. The molecule has 2 heterocycles. The van der Waals surface area contributed by atoms with Crippen LogP contribution in [0.15, 0.2) is 12.4 Å². The van der Waals surface area contributed by atoms with Crippen LogP contribution >= 0.6 is 0 Å². The number of carboxylic acids is 1. The maximum absolute atomic E-state index is 11.2. The molecular formula is C12H15N5O2. The van der Waals surface area contributed by atoms with Crippen molar-refractivity contribution in [2.24, 2.45) is 13.0 Å². The summed E-state index contributed by atoms with van der Waals surface area (Å²) in [7, 11) is 1.79. The summed E-state index contributed by atoms with van der Waals surface area (Å²) in [5.41, 5.74) is 1.27. The van der Waals surface area contributed by atoms with Crippen LogP contribution < -0.4 is 0 Å². The standard InChI is InChI=1S/C12H15N5O2/c1-16-7-9(6-13-16)11-10(12(18)19)14-15-17(11)5-4-8-2-3-8/h6-8H,2-5H2,1H3,(H,18,19). The Morgan fingerprint density at radius 1 is 1.53 bits per heavy atom. The van der Waals surface area contributed by atoms with Crippen molar-refractivity contribution in [3.8, 4) is 11.3 Å². The van der Waals surface area contributed by atoms with Crippen LogP contribution in [0.25, 0.3) is 11.3 Å². The number of rotatable bonds is 5. The highest BCUT2D eigenvalue weighted by Crippen LogP contribution is 2.33. The molecule has 1 N–H and O–H groups in total. The first-order chi connectivity index (χ1) is 9.15. The lowest BCUT2D eigenvalue weighted by Gasteiger charge is -2.04. The summed E-state index contributed by atoms with van der Waals surface area (Å²) in [6.07, 6.45) is 6.97. The van der Waals surface area contributed by atoms with Gasteiger partial charge < -0.3 is 5.11 Å². The van der Waals surface area contributed by atoms with Crippen molar-refractivity contribution >= 4 is 5.97 Å². The van der Waals surface area contributed by atoms with E-state index in [1.807, 2.05) is 0 Å². The Morgan fingerprint density at radius 3 is 2.89 bits per heavy atom. The van der Waals surface area contributed by atoms with Crippen LogP contribution in [0.2, 0.25) is 0 Å². The molecule has 100 valence electrons. The van der Waals surface area contributed by atoms with Gasteiger partial charge in [-0.2, -0.15) is 5.10 Å². The maximum atomic E-state index is 11.2. The third-order valence-electron chi connectivity index (χ3n) is 3.36. The summed E-state index contributed by atoms with van der Waals surface area (Å²) < 4.78 is 3.32. The topological polar surface area (TPSA) is 85.8 Å². The average Bonchev–Trinajstić information content (AvgIpc) is 2.94. The maximum Gasteiger partial charge on any atom is 0.358 e. The minimum absolute atomic E-state index is 0.0104. The zero-order valence-corrected chi connectivity index (χ0v) is 10.7. The van der Waals surface area contributed by atoms with Crippen molar-refractivity contribution in [3.63, 3.8) is 0 Å². The van der Waals surface area contributed by atoms with Crippen LogP contribution in [0, 0.1) is 5.92 Å². The van der Waals surface area contributed by atoms with E-state index in [1.54, 1.807) is 28.8 Å². The third-order valence-corrected chi connectivity index (χ3v) is 3.36. The van der Waals surface area contributed by atoms with Gasteiger partial charge in [0.25, 0.3) is 0 Å². The Kier molecular flexibility index (Phi) is 2.81. The molecule has 0 amide bonds. The fourth-order valence-corrected chi connectivity index (χ4v) is 2.15. The molecule has 0 bridgehead atoms. The van der Waals surface area contributed by atoms with E-state index in [0.29, 0.717) is 12.2 Å². The number of aryl methyl sites for hydroxylation is 2.